The third-order valence-corrected chi connectivity index (χ3v) is 4.64. The van der Waals surface area contributed by atoms with Crippen LogP contribution < -0.4 is 14.4 Å². The minimum Gasteiger partial charge on any atom is -0.497 e. The van der Waals surface area contributed by atoms with Gasteiger partial charge < -0.3 is 9.47 Å². The highest BCUT2D eigenvalue weighted by atomic mass is 16.5. The lowest BCUT2D eigenvalue weighted by atomic mass is 10.1. The van der Waals surface area contributed by atoms with E-state index in [9.17, 15) is 4.79 Å². The van der Waals surface area contributed by atoms with Crippen LogP contribution in [0.5, 0.6) is 11.5 Å². The Hall–Kier alpha value is -3.86. The Morgan fingerprint density at radius 2 is 1.55 bits per heavy atom. The molecule has 29 heavy (non-hydrogen) atoms. The first-order chi connectivity index (χ1) is 14.2. The quantitative estimate of drug-likeness (QED) is 0.607. The largest absolute Gasteiger partial charge is 0.497 e. The molecule has 1 amide bonds. The molecule has 0 atom stereocenters. The highest BCUT2D eigenvalue weighted by molar-refractivity contribution is 6.33. The number of methoxy groups -OCH3 is 2. The van der Waals surface area contributed by atoms with Crippen molar-refractivity contribution in [1.29, 1.82) is 0 Å². The summed E-state index contributed by atoms with van der Waals surface area (Å²) >= 11 is 0. The third kappa shape index (κ3) is 3.62. The highest BCUT2D eigenvalue weighted by Gasteiger charge is 2.32. The van der Waals surface area contributed by atoms with Crippen LogP contribution in [0.4, 0.5) is 5.69 Å². The molecule has 0 saturated heterocycles. The molecule has 0 radical (unpaired) electrons. The van der Waals surface area contributed by atoms with Gasteiger partial charge in [-0.3, -0.25) is 9.69 Å². The maximum atomic E-state index is 13.3. The van der Waals surface area contributed by atoms with Crippen molar-refractivity contribution in [3.63, 3.8) is 0 Å². The van der Waals surface area contributed by atoms with E-state index in [1.807, 2.05) is 72.8 Å². The number of benzene rings is 3. The Labute approximate surface area is 169 Å². The van der Waals surface area contributed by atoms with Crippen molar-refractivity contribution in [2.24, 2.45) is 4.99 Å². The number of amides is 1. The maximum absolute atomic E-state index is 13.3. The van der Waals surface area contributed by atoms with Gasteiger partial charge in [-0.2, -0.15) is 0 Å². The fourth-order valence-corrected chi connectivity index (χ4v) is 3.20. The zero-order chi connectivity index (χ0) is 20.2. The Kier molecular flexibility index (Phi) is 5.12. The summed E-state index contributed by atoms with van der Waals surface area (Å²) in [5.74, 6) is 1.70. The van der Waals surface area contributed by atoms with Gasteiger partial charge in [0.2, 0.25) is 0 Å². The van der Waals surface area contributed by atoms with E-state index in [0.717, 1.165) is 16.8 Å². The van der Waals surface area contributed by atoms with Gasteiger partial charge in [-0.05, 0) is 30.3 Å². The Morgan fingerprint density at radius 1 is 0.862 bits per heavy atom. The number of hydrogen-bond donors (Lipinski definition) is 0. The Balaban J connectivity index is 1.82. The van der Waals surface area contributed by atoms with Crippen LogP contribution in [0, 0.1) is 0 Å². The summed E-state index contributed by atoms with van der Waals surface area (Å²) in [7, 11) is 3.18. The van der Waals surface area contributed by atoms with E-state index < -0.39 is 0 Å². The van der Waals surface area contributed by atoms with Crippen molar-refractivity contribution >= 4 is 23.5 Å². The van der Waals surface area contributed by atoms with Crippen LogP contribution in [-0.4, -0.2) is 26.0 Å². The molecule has 0 unspecified atom stereocenters. The van der Waals surface area contributed by atoms with E-state index in [4.69, 9.17) is 9.47 Å². The molecule has 5 heteroatoms. The van der Waals surface area contributed by atoms with Crippen LogP contribution in [0.1, 0.15) is 11.1 Å². The molecule has 0 spiro atoms. The van der Waals surface area contributed by atoms with Gasteiger partial charge in [0.15, 0.2) is 0 Å². The average molecular weight is 384 g/mol. The van der Waals surface area contributed by atoms with Gasteiger partial charge in [0.25, 0.3) is 5.91 Å². The smallest absolute Gasteiger partial charge is 0.282 e. The molecule has 1 aliphatic rings. The summed E-state index contributed by atoms with van der Waals surface area (Å²) in [4.78, 5) is 19.6. The molecule has 144 valence electrons. The first-order valence-electron chi connectivity index (χ1n) is 9.18. The second-order valence-corrected chi connectivity index (χ2v) is 6.42. The van der Waals surface area contributed by atoms with Crippen LogP contribution in [0.15, 0.2) is 89.6 Å². The number of aliphatic imine (C=N–C) groups is 1. The minimum atomic E-state index is -0.187. The number of amidine groups is 1. The number of nitrogens with zero attached hydrogens (tertiary/aromatic N) is 2. The van der Waals surface area contributed by atoms with E-state index in [0.29, 0.717) is 23.0 Å². The van der Waals surface area contributed by atoms with E-state index in [1.54, 1.807) is 31.3 Å². The predicted molar refractivity (Wildman–Crippen MR) is 114 cm³/mol. The molecule has 1 heterocycles. The normalized spacial score (nSPS) is 14.8. The lowest BCUT2D eigenvalue weighted by molar-refractivity contribution is -0.113. The fraction of sp³-hybridized carbons (Fsp3) is 0.0833. The summed E-state index contributed by atoms with van der Waals surface area (Å²) in [5, 5.41) is 0. The van der Waals surface area contributed by atoms with Crippen LogP contribution in [0.25, 0.3) is 6.08 Å². The molecule has 0 aliphatic carbocycles. The molecule has 1 aliphatic heterocycles. The van der Waals surface area contributed by atoms with Crippen molar-refractivity contribution in [3.8, 4) is 11.5 Å². The van der Waals surface area contributed by atoms with Crippen molar-refractivity contribution in [1.82, 2.24) is 0 Å². The Morgan fingerprint density at radius 3 is 2.21 bits per heavy atom. The lowest BCUT2D eigenvalue weighted by Gasteiger charge is -2.18. The molecule has 0 N–H and O–H groups in total. The molecular weight excluding hydrogens is 364 g/mol. The summed E-state index contributed by atoms with van der Waals surface area (Å²) in [6.45, 7) is 0. The van der Waals surface area contributed by atoms with Crippen molar-refractivity contribution in [3.05, 3.63) is 95.7 Å². The van der Waals surface area contributed by atoms with Gasteiger partial charge in [-0.25, -0.2) is 4.99 Å². The number of para-hydroxylation sites is 1. The maximum Gasteiger partial charge on any atom is 0.282 e. The summed E-state index contributed by atoms with van der Waals surface area (Å²) < 4.78 is 10.7. The van der Waals surface area contributed by atoms with Crippen LogP contribution in [0.2, 0.25) is 0 Å². The molecule has 3 aromatic rings. The predicted octanol–water partition coefficient (Wildman–Crippen LogP) is 4.54. The number of carbonyl (C=O) groups is 1. The van der Waals surface area contributed by atoms with Crippen LogP contribution >= 0.6 is 0 Å². The second kappa shape index (κ2) is 8.02. The van der Waals surface area contributed by atoms with Crippen molar-refractivity contribution < 1.29 is 14.3 Å². The molecule has 0 fully saturated rings. The third-order valence-electron chi connectivity index (χ3n) is 4.64. The van der Waals surface area contributed by atoms with E-state index in [1.165, 1.54) is 0 Å². The van der Waals surface area contributed by atoms with Gasteiger partial charge in [0, 0.05) is 17.2 Å². The van der Waals surface area contributed by atoms with Gasteiger partial charge in [-0.1, -0.05) is 48.5 Å². The fourth-order valence-electron chi connectivity index (χ4n) is 3.20. The van der Waals surface area contributed by atoms with E-state index >= 15 is 0 Å². The number of ether oxygens (including phenoxy) is 2. The number of carbonyl (C=O) groups excluding carboxylic acids is 1. The van der Waals surface area contributed by atoms with Gasteiger partial charge in [0.05, 0.1) is 19.9 Å². The van der Waals surface area contributed by atoms with Crippen molar-refractivity contribution in [2.45, 2.75) is 0 Å². The van der Waals surface area contributed by atoms with Gasteiger partial charge >= 0.3 is 0 Å². The molecule has 0 aromatic heterocycles. The monoisotopic (exact) mass is 384 g/mol. The standard InChI is InChI=1S/C24H20N2O3/c1-28-20-14-13-18(22(16-20)29-2)15-21-24(27)26(19-11-7-4-8-12-19)23(25-21)17-9-5-3-6-10-17/h3-16H,1-2H3/b21-15+. The number of anilines is 1. The molecule has 3 aromatic carbocycles. The molecule has 5 nitrogen and oxygen atoms in total. The first-order valence-corrected chi connectivity index (χ1v) is 9.18. The average Bonchev–Trinajstić information content (AvgIpc) is 3.11. The number of hydrogen-bond acceptors (Lipinski definition) is 4. The first kappa shape index (κ1) is 18.5. The summed E-state index contributed by atoms with van der Waals surface area (Å²) in [6.07, 6.45) is 1.74. The highest BCUT2D eigenvalue weighted by Crippen LogP contribution is 2.31. The summed E-state index contributed by atoms with van der Waals surface area (Å²) in [6, 6.07) is 24.7. The van der Waals surface area contributed by atoms with Gasteiger partial charge in [-0.15, -0.1) is 0 Å². The zero-order valence-electron chi connectivity index (χ0n) is 16.2. The SMILES string of the molecule is COc1ccc(/C=C2/N=C(c3ccccc3)N(c3ccccc3)C2=O)c(OC)c1. The minimum absolute atomic E-state index is 0.187. The summed E-state index contributed by atoms with van der Waals surface area (Å²) in [5.41, 5.74) is 2.74. The zero-order valence-corrected chi connectivity index (χ0v) is 16.2. The van der Waals surface area contributed by atoms with Crippen molar-refractivity contribution in [2.75, 3.05) is 19.1 Å². The molecule has 0 bridgehead atoms. The van der Waals surface area contributed by atoms with Crippen LogP contribution in [-0.2, 0) is 4.79 Å². The van der Waals surface area contributed by atoms with Gasteiger partial charge in [0.1, 0.15) is 23.0 Å². The van der Waals surface area contributed by atoms with Crippen LogP contribution in [0.3, 0.4) is 0 Å². The Bertz CT molecular complexity index is 1090. The topological polar surface area (TPSA) is 51.1 Å². The number of rotatable bonds is 5. The molecule has 0 saturated carbocycles. The lowest BCUT2D eigenvalue weighted by Crippen LogP contribution is -2.32. The van der Waals surface area contributed by atoms with E-state index in [-0.39, 0.29) is 5.91 Å². The van der Waals surface area contributed by atoms with E-state index in [2.05, 4.69) is 4.99 Å². The second-order valence-electron chi connectivity index (χ2n) is 6.42. The molecule has 4 rings (SSSR count). The molecular formula is C24H20N2O3.